The van der Waals surface area contributed by atoms with E-state index in [1.54, 1.807) is 23.1 Å². The summed E-state index contributed by atoms with van der Waals surface area (Å²) in [6, 6.07) is 13.8. The van der Waals surface area contributed by atoms with Gasteiger partial charge in [-0.25, -0.2) is 9.18 Å². The van der Waals surface area contributed by atoms with Gasteiger partial charge in [0.15, 0.2) is 5.60 Å². The van der Waals surface area contributed by atoms with Gasteiger partial charge >= 0.3 is 6.09 Å². The van der Waals surface area contributed by atoms with E-state index in [2.05, 4.69) is 22.5 Å². The van der Waals surface area contributed by atoms with Crippen LogP contribution < -0.4 is 0 Å². The van der Waals surface area contributed by atoms with Crippen molar-refractivity contribution < 1.29 is 13.9 Å². The van der Waals surface area contributed by atoms with Crippen molar-refractivity contribution in [1.82, 2.24) is 4.90 Å². The summed E-state index contributed by atoms with van der Waals surface area (Å²) >= 11 is 3.42. The fraction of sp³-hybridized carbons (Fsp3) is 0.250. The zero-order valence-corrected chi connectivity index (χ0v) is 15.5. The molecule has 5 heteroatoms. The third-order valence-corrected chi connectivity index (χ3v) is 5.14. The van der Waals surface area contributed by atoms with Gasteiger partial charge < -0.3 is 4.74 Å². The summed E-state index contributed by atoms with van der Waals surface area (Å²) in [5, 5.41) is 0. The number of carbonyl (C=O) groups is 1. The lowest BCUT2D eigenvalue weighted by Crippen LogP contribution is -2.33. The lowest BCUT2D eigenvalue weighted by Gasteiger charge is -2.27. The largest absolute Gasteiger partial charge is 0.436 e. The second-order valence-electron chi connectivity index (χ2n) is 6.22. The van der Waals surface area contributed by atoms with Crippen molar-refractivity contribution in [1.29, 1.82) is 0 Å². The third-order valence-electron chi connectivity index (χ3n) is 4.61. The van der Waals surface area contributed by atoms with Gasteiger partial charge in [0.1, 0.15) is 5.82 Å². The SMILES string of the molecule is C=CCC1(c2ccc(F)cc2)CN([C@@H](C)c2ccc(Br)cc2)C(=O)O1. The van der Waals surface area contributed by atoms with Crippen LogP contribution in [0.2, 0.25) is 0 Å². The number of benzene rings is 2. The molecule has 0 spiro atoms. The van der Waals surface area contributed by atoms with E-state index in [4.69, 9.17) is 4.74 Å². The fourth-order valence-electron chi connectivity index (χ4n) is 3.18. The standard InChI is InChI=1S/C20H19BrFNO2/c1-3-12-20(16-6-10-18(22)11-7-16)13-23(19(24)25-20)14(2)15-4-8-17(21)9-5-15/h3-11,14H,1,12-13H2,2H3/t14-,20?/m0/s1. The van der Waals surface area contributed by atoms with E-state index in [1.807, 2.05) is 31.2 Å². The maximum absolute atomic E-state index is 13.3. The smallest absolute Gasteiger partial charge is 0.411 e. The molecule has 0 saturated carbocycles. The van der Waals surface area contributed by atoms with Gasteiger partial charge in [0, 0.05) is 10.9 Å². The van der Waals surface area contributed by atoms with Gasteiger partial charge in [-0.05, 0) is 42.3 Å². The molecule has 0 aliphatic carbocycles. The molecule has 1 unspecified atom stereocenters. The molecule has 1 saturated heterocycles. The van der Waals surface area contributed by atoms with Gasteiger partial charge in [-0.2, -0.15) is 0 Å². The summed E-state index contributed by atoms with van der Waals surface area (Å²) in [7, 11) is 0. The Kier molecular flexibility index (Phi) is 4.95. The second-order valence-corrected chi connectivity index (χ2v) is 7.13. The molecule has 0 bridgehead atoms. The molecular formula is C20H19BrFNO2. The van der Waals surface area contributed by atoms with Crippen molar-refractivity contribution in [2.45, 2.75) is 25.0 Å². The van der Waals surface area contributed by atoms with Gasteiger partial charge in [0.05, 0.1) is 12.6 Å². The summed E-state index contributed by atoms with van der Waals surface area (Å²) in [5.74, 6) is -0.318. The zero-order chi connectivity index (χ0) is 18.0. The molecular weight excluding hydrogens is 385 g/mol. The number of nitrogens with zero attached hydrogens (tertiary/aromatic N) is 1. The first-order chi connectivity index (χ1) is 11.9. The van der Waals surface area contributed by atoms with E-state index in [1.165, 1.54) is 12.1 Å². The molecule has 130 valence electrons. The summed E-state index contributed by atoms with van der Waals surface area (Å²) in [5.41, 5.74) is 0.956. The molecule has 2 aromatic carbocycles. The van der Waals surface area contributed by atoms with Gasteiger partial charge in [0.25, 0.3) is 0 Å². The Bertz CT molecular complexity index is 775. The highest BCUT2D eigenvalue weighted by Crippen LogP contribution is 2.40. The molecule has 1 aliphatic heterocycles. The number of hydrogen-bond acceptors (Lipinski definition) is 2. The molecule has 2 atom stereocenters. The van der Waals surface area contributed by atoms with E-state index in [9.17, 15) is 9.18 Å². The van der Waals surface area contributed by atoms with E-state index < -0.39 is 5.60 Å². The number of amides is 1. The van der Waals surface area contributed by atoms with E-state index >= 15 is 0 Å². The van der Waals surface area contributed by atoms with Crippen LogP contribution in [0.4, 0.5) is 9.18 Å². The van der Waals surface area contributed by atoms with Crippen LogP contribution in [0.25, 0.3) is 0 Å². The Morgan fingerprint density at radius 1 is 1.28 bits per heavy atom. The maximum atomic E-state index is 13.3. The highest BCUT2D eigenvalue weighted by atomic mass is 79.9. The zero-order valence-electron chi connectivity index (χ0n) is 13.9. The Labute approximate surface area is 155 Å². The van der Waals surface area contributed by atoms with Crippen LogP contribution in [0, 0.1) is 5.82 Å². The number of hydrogen-bond donors (Lipinski definition) is 0. The monoisotopic (exact) mass is 403 g/mol. The molecule has 2 aromatic rings. The first-order valence-corrected chi connectivity index (χ1v) is 8.86. The van der Waals surface area contributed by atoms with E-state index in [-0.39, 0.29) is 18.0 Å². The first-order valence-electron chi connectivity index (χ1n) is 8.07. The van der Waals surface area contributed by atoms with Gasteiger partial charge in [-0.15, -0.1) is 6.58 Å². The van der Waals surface area contributed by atoms with Crippen LogP contribution in [0.3, 0.4) is 0 Å². The van der Waals surface area contributed by atoms with E-state index in [0.29, 0.717) is 13.0 Å². The van der Waals surface area contributed by atoms with Crippen molar-refractivity contribution in [2.24, 2.45) is 0 Å². The van der Waals surface area contributed by atoms with Crippen LogP contribution in [-0.4, -0.2) is 17.5 Å². The van der Waals surface area contributed by atoms with Crippen molar-refractivity contribution in [3.63, 3.8) is 0 Å². The number of halogens is 2. The van der Waals surface area contributed by atoms with E-state index in [0.717, 1.165) is 15.6 Å². The van der Waals surface area contributed by atoms with Gasteiger partial charge in [-0.1, -0.05) is 46.3 Å². The molecule has 1 amide bonds. The highest BCUT2D eigenvalue weighted by Gasteiger charge is 2.47. The minimum absolute atomic E-state index is 0.132. The molecule has 1 heterocycles. The van der Waals surface area contributed by atoms with Crippen LogP contribution in [0.15, 0.2) is 65.7 Å². The molecule has 3 rings (SSSR count). The molecule has 3 nitrogen and oxygen atoms in total. The van der Waals surface area contributed by atoms with Crippen LogP contribution in [-0.2, 0) is 10.3 Å². The van der Waals surface area contributed by atoms with Crippen molar-refractivity contribution in [3.05, 3.63) is 82.6 Å². The average molecular weight is 404 g/mol. The highest BCUT2D eigenvalue weighted by molar-refractivity contribution is 9.10. The van der Waals surface area contributed by atoms with Gasteiger partial charge in [0.2, 0.25) is 0 Å². The first kappa shape index (κ1) is 17.7. The summed E-state index contributed by atoms with van der Waals surface area (Å²) in [6.45, 7) is 6.15. The van der Waals surface area contributed by atoms with Gasteiger partial charge in [-0.3, -0.25) is 4.90 Å². The number of rotatable bonds is 5. The summed E-state index contributed by atoms with van der Waals surface area (Å²) in [4.78, 5) is 14.3. The Balaban J connectivity index is 1.91. The summed E-state index contributed by atoms with van der Waals surface area (Å²) < 4.78 is 20.0. The molecule has 25 heavy (non-hydrogen) atoms. The van der Waals surface area contributed by atoms with Crippen molar-refractivity contribution in [2.75, 3.05) is 6.54 Å². The number of cyclic esters (lactones) is 1. The predicted octanol–water partition coefficient (Wildman–Crippen LogP) is 5.57. The number of ether oxygens (including phenoxy) is 1. The Hall–Kier alpha value is -2.14. The normalized spacial score (nSPS) is 21.1. The third kappa shape index (κ3) is 3.47. The Morgan fingerprint density at radius 2 is 1.92 bits per heavy atom. The second kappa shape index (κ2) is 7.00. The molecule has 0 radical (unpaired) electrons. The minimum Gasteiger partial charge on any atom is -0.436 e. The maximum Gasteiger partial charge on any atom is 0.411 e. The fourth-order valence-corrected chi connectivity index (χ4v) is 3.44. The molecule has 1 aliphatic rings. The molecule has 0 aromatic heterocycles. The molecule has 0 N–H and O–H groups in total. The lowest BCUT2D eigenvalue weighted by atomic mass is 9.90. The van der Waals surface area contributed by atoms with Crippen LogP contribution in [0.1, 0.15) is 30.5 Å². The topological polar surface area (TPSA) is 29.5 Å². The van der Waals surface area contributed by atoms with Crippen molar-refractivity contribution >= 4 is 22.0 Å². The summed E-state index contributed by atoms with van der Waals surface area (Å²) in [6.07, 6.45) is 1.82. The minimum atomic E-state index is -0.837. The molecule has 1 fully saturated rings. The number of carbonyl (C=O) groups excluding carboxylic acids is 1. The quantitative estimate of drug-likeness (QED) is 0.610. The lowest BCUT2D eigenvalue weighted by molar-refractivity contribution is 0.0568. The van der Waals surface area contributed by atoms with Crippen molar-refractivity contribution in [3.8, 4) is 0 Å². The Morgan fingerprint density at radius 3 is 2.52 bits per heavy atom. The van der Waals surface area contributed by atoms with Crippen LogP contribution in [0.5, 0.6) is 0 Å². The average Bonchev–Trinajstić information content (AvgIpc) is 2.93. The van der Waals surface area contributed by atoms with Crippen LogP contribution >= 0.6 is 15.9 Å². The predicted molar refractivity (Wildman–Crippen MR) is 98.6 cm³/mol.